The number of ether oxygens (including phenoxy) is 1. The van der Waals surface area contributed by atoms with Gasteiger partial charge in [0.05, 0.1) is 34.1 Å². The molecule has 0 fully saturated rings. The van der Waals surface area contributed by atoms with Gasteiger partial charge in [0, 0.05) is 7.11 Å². The van der Waals surface area contributed by atoms with Crippen molar-refractivity contribution in [2.75, 3.05) is 7.11 Å². The van der Waals surface area contributed by atoms with Crippen molar-refractivity contribution in [1.29, 1.82) is 0 Å². The number of hydrogen-bond donors (Lipinski definition) is 0. The number of aromatic nitrogens is 2. The number of halogens is 2. The first-order chi connectivity index (χ1) is 8.54. The average Bonchev–Trinajstić information content (AvgIpc) is 2.69. The molecule has 18 heavy (non-hydrogen) atoms. The molecule has 3 nitrogen and oxygen atoms in total. The van der Waals surface area contributed by atoms with Crippen molar-refractivity contribution >= 4 is 34.2 Å². The van der Waals surface area contributed by atoms with Crippen LogP contribution in [0.15, 0.2) is 18.2 Å². The summed E-state index contributed by atoms with van der Waals surface area (Å²) < 4.78 is 7.36. The fourth-order valence-electron chi connectivity index (χ4n) is 1.98. The first-order valence-corrected chi connectivity index (χ1v) is 6.67. The lowest BCUT2D eigenvalue weighted by Crippen LogP contribution is -2.17. The molecule has 2 rings (SSSR count). The molecule has 0 radical (unpaired) electrons. The summed E-state index contributed by atoms with van der Waals surface area (Å²) in [5.41, 5.74) is 1.79. The van der Waals surface area contributed by atoms with Gasteiger partial charge in [0.25, 0.3) is 0 Å². The first kappa shape index (κ1) is 13.7. The minimum absolute atomic E-state index is 0.0767. The van der Waals surface area contributed by atoms with Crippen LogP contribution in [0.25, 0.3) is 11.0 Å². The Bertz CT molecular complexity index is 551. The maximum atomic E-state index is 6.26. The summed E-state index contributed by atoms with van der Waals surface area (Å²) in [6, 6.07) is 5.70. The van der Waals surface area contributed by atoms with Crippen molar-refractivity contribution in [3.8, 4) is 0 Å². The Labute approximate surface area is 117 Å². The summed E-state index contributed by atoms with van der Waals surface area (Å²) in [6.45, 7) is 4.60. The Balaban J connectivity index is 2.61. The number of rotatable bonds is 4. The highest BCUT2D eigenvalue weighted by Crippen LogP contribution is 2.29. The van der Waals surface area contributed by atoms with Crippen LogP contribution in [-0.2, 0) is 11.3 Å². The molecule has 2 atom stereocenters. The van der Waals surface area contributed by atoms with E-state index < -0.39 is 0 Å². The molecule has 5 heteroatoms. The largest absolute Gasteiger partial charge is 0.380 e. The van der Waals surface area contributed by atoms with E-state index in [2.05, 4.69) is 4.98 Å². The third-order valence-corrected chi connectivity index (χ3v) is 3.44. The molecule has 0 bridgehead atoms. The average molecular weight is 287 g/mol. The zero-order valence-corrected chi connectivity index (χ0v) is 12.2. The SMILES string of the molecule is COC(C)Cn1c(C(C)Cl)nc2cccc(Cl)c21. The summed E-state index contributed by atoms with van der Waals surface area (Å²) in [4.78, 5) is 4.55. The number of imidazole rings is 1. The van der Waals surface area contributed by atoms with E-state index in [-0.39, 0.29) is 11.5 Å². The third kappa shape index (κ3) is 2.48. The number of benzene rings is 1. The van der Waals surface area contributed by atoms with Gasteiger partial charge in [-0.1, -0.05) is 17.7 Å². The second kappa shape index (κ2) is 5.47. The predicted octanol–water partition coefficient (Wildman–Crippen LogP) is 4.02. The Hall–Kier alpha value is -0.770. The molecule has 0 amide bonds. The van der Waals surface area contributed by atoms with Crippen LogP contribution in [0.5, 0.6) is 0 Å². The zero-order valence-electron chi connectivity index (χ0n) is 10.7. The van der Waals surface area contributed by atoms with E-state index in [9.17, 15) is 0 Å². The molecule has 0 aliphatic rings. The summed E-state index contributed by atoms with van der Waals surface area (Å²) in [5.74, 6) is 0.823. The number of methoxy groups -OCH3 is 1. The lowest BCUT2D eigenvalue weighted by atomic mass is 10.3. The van der Waals surface area contributed by atoms with Gasteiger partial charge in [-0.3, -0.25) is 0 Å². The van der Waals surface area contributed by atoms with Gasteiger partial charge >= 0.3 is 0 Å². The van der Waals surface area contributed by atoms with Crippen LogP contribution in [0.4, 0.5) is 0 Å². The number of hydrogen-bond acceptors (Lipinski definition) is 2. The molecular formula is C13H16Cl2N2O. The molecular weight excluding hydrogens is 271 g/mol. The quantitative estimate of drug-likeness (QED) is 0.794. The number of fused-ring (bicyclic) bond motifs is 1. The molecule has 2 unspecified atom stereocenters. The number of para-hydroxylation sites is 1. The molecule has 98 valence electrons. The summed E-state index contributed by atoms with van der Waals surface area (Å²) in [6.07, 6.45) is 0.0767. The van der Waals surface area contributed by atoms with Gasteiger partial charge in [-0.25, -0.2) is 4.98 Å². The van der Waals surface area contributed by atoms with Crippen molar-refractivity contribution in [1.82, 2.24) is 9.55 Å². The molecule has 0 aliphatic carbocycles. The lowest BCUT2D eigenvalue weighted by molar-refractivity contribution is 0.103. The van der Waals surface area contributed by atoms with E-state index in [1.165, 1.54) is 0 Å². The second-order valence-corrected chi connectivity index (χ2v) is 5.41. The third-order valence-electron chi connectivity index (χ3n) is 2.94. The number of nitrogens with zero attached hydrogens (tertiary/aromatic N) is 2. The molecule has 1 heterocycles. The van der Waals surface area contributed by atoms with Crippen LogP contribution in [0.3, 0.4) is 0 Å². The van der Waals surface area contributed by atoms with Gasteiger partial charge in [0.1, 0.15) is 5.82 Å². The minimum Gasteiger partial charge on any atom is -0.380 e. The van der Waals surface area contributed by atoms with Gasteiger partial charge in [-0.05, 0) is 26.0 Å². The van der Waals surface area contributed by atoms with Crippen LogP contribution in [0.2, 0.25) is 5.02 Å². The van der Waals surface area contributed by atoms with Crippen LogP contribution < -0.4 is 0 Å². The fraction of sp³-hybridized carbons (Fsp3) is 0.462. The zero-order chi connectivity index (χ0) is 13.3. The predicted molar refractivity (Wildman–Crippen MR) is 75.5 cm³/mol. The van der Waals surface area contributed by atoms with Crippen molar-refractivity contribution in [3.05, 3.63) is 29.0 Å². The summed E-state index contributed by atoms with van der Waals surface area (Å²) in [7, 11) is 1.69. The monoisotopic (exact) mass is 286 g/mol. The molecule has 0 aliphatic heterocycles. The van der Waals surface area contributed by atoms with Crippen molar-refractivity contribution < 1.29 is 4.74 Å². The van der Waals surface area contributed by atoms with Gasteiger partial charge in [0.15, 0.2) is 0 Å². The maximum absolute atomic E-state index is 6.26. The van der Waals surface area contributed by atoms with Crippen molar-refractivity contribution in [2.24, 2.45) is 0 Å². The van der Waals surface area contributed by atoms with E-state index >= 15 is 0 Å². The highest BCUT2D eigenvalue weighted by molar-refractivity contribution is 6.35. The second-order valence-electron chi connectivity index (χ2n) is 4.35. The van der Waals surface area contributed by atoms with Crippen LogP contribution in [0, 0.1) is 0 Å². The van der Waals surface area contributed by atoms with Gasteiger partial charge in [-0.2, -0.15) is 0 Å². The fourth-order valence-corrected chi connectivity index (χ4v) is 2.42. The normalized spacial score (nSPS) is 14.9. The topological polar surface area (TPSA) is 27.1 Å². The molecule has 0 spiro atoms. The molecule has 1 aromatic heterocycles. The standard InChI is InChI=1S/C13H16Cl2N2O/c1-8(18-3)7-17-12-10(15)5-4-6-11(12)16-13(17)9(2)14/h4-6,8-9H,7H2,1-3H3. The van der Waals surface area contributed by atoms with E-state index in [1.807, 2.05) is 36.6 Å². The van der Waals surface area contributed by atoms with E-state index in [0.29, 0.717) is 11.6 Å². The minimum atomic E-state index is -0.169. The smallest absolute Gasteiger partial charge is 0.127 e. The van der Waals surface area contributed by atoms with E-state index in [4.69, 9.17) is 27.9 Å². The number of alkyl halides is 1. The molecule has 0 saturated carbocycles. The highest BCUT2D eigenvalue weighted by atomic mass is 35.5. The van der Waals surface area contributed by atoms with Crippen molar-refractivity contribution in [3.63, 3.8) is 0 Å². The van der Waals surface area contributed by atoms with Crippen LogP contribution in [-0.4, -0.2) is 22.8 Å². The highest BCUT2D eigenvalue weighted by Gasteiger charge is 2.18. The van der Waals surface area contributed by atoms with Crippen LogP contribution >= 0.6 is 23.2 Å². The molecule has 0 N–H and O–H groups in total. The Morgan fingerprint density at radius 3 is 2.72 bits per heavy atom. The van der Waals surface area contributed by atoms with Gasteiger partial charge < -0.3 is 9.30 Å². The van der Waals surface area contributed by atoms with Crippen LogP contribution in [0.1, 0.15) is 25.0 Å². The Morgan fingerprint density at radius 1 is 1.39 bits per heavy atom. The Morgan fingerprint density at radius 2 is 2.11 bits per heavy atom. The van der Waals surface area contributed by atoms with E-state index in [0.717, 1.165) is 16.9 Å². The van der Waals surface area contributed by atoms with Gasteiger partial charge in [-0.15, -0.1) is 11.6 Å². The lowest BCUT2D eigenvalue weighted by Gasteiger charge is -2.15. The van der Waals surface area contributed by atoms with Crippen molar-refractivity contribution in [2.45, 2.75) is 31.9 Å². The van der Waals surface area contributed by atoms with Gasteiger partial charge in [0.2, 0.25) is 0 Å². The molecule has 0 saturated heterocycles. The molecule has 2 aromatic rings. The molecule has 1 aromatic carbocycles. The maximum Gasteiger partial charge on any atom is 0.127 e. The summed E-state index contributed by atoms with van der Waals surface area (Å²) >= 11 is 12.5. The first-order valence-electron chi connectivity index (χ1n) is 5.86. The summed E-state index contributed by atoms with van der Waals surface area (Å²) in [5, 5.41) is 0.518. The van der Waals surface area contributed by atoms with E-state index in [1.54, 1.807) is 7.11 Å². The Kier molecular flexibility index (Phi) is 4.15.